The largest absolute Gasteiger partial charge is 0.394 e. The van der Waals surface area contributed by atoms with E-state index in [2.05, 4.69) is 36.3 Å². The number of rotatable bonds is 7. The smallest absolute Gasteiger partial charge is 0.0678 e. The van der Waals surface area contributed by atoms with E-state index in [1.807, 2.05) is 25.2 Å². The number of hydrogen-bond acceptors (Lipinski definition) is 3. The number of aliphatic hydroxyl groups is 1. The molecule has 1 rings (SSSR count). The lowest BCUT2D eigenvalue weighted by Gasteiger charge is -2.33. The van der Waals surface area contributed by atoms with E-state index in [1.54, 1.807) is 0 Å². The Morgan fingerprint density at radius 1 is 1.29 bits per heavy atom. The molecule has 1 unspecified atom stereocenters. The average molecular weight is 236 g/mol. The third-order valence-electron chi connectivity index (χ3n) is 3.53. The fourth-order valence-electron chi connectivity index (χ4n) is 1.96. The molecule has 0 aromatic heterocycles. The lowest BCUT2D eigenvalue weighted by molar-refractivity contribution is 0.145. The molecule has 3 nitrogen and oxygen atoms in total. The number of hydrogen-bond donors (Lipinski definition) is 2. The average Bonchev–Trinajstić information content (AvgIpc) is 2.41. The molecule has 1 aromatic rings. The normalized spacial score (nSPS) is 14.9. The Labute approximate surface area is 104 Å². The van der Waals surface area contributed by atoms with Crippen molar-refractivity contribution in [2.24, 2.45) is 0 Å². The third-order valence-corrected chi connectivity index (χ3v) is 3.53. The summed E-state index contributed by atoms with van der Waals surface area (Å²) in [6, 6.07) is 10.2. The van der Waals surface area contributed by atoms with Crippen LogP contribution in [-0.2, 0) is 5.54 Å². The van der Waals surface area contributed by atoms with E-state index in [9.17, 15) is 5.11 Å². The summed E-state index contributed by atoms with van der Waals surface area (Å²) in [4.78, 5) is 2.25. The van der Waals surface area contributed by atoms with Gasteiger partial charge < -0.3 is 15.3 Å². The minimum atomic E-state index is -0.329. The van der Waals surface area contributed by atoms with E-state index < -0.39 is 0 Å². The maximum absolute atomic E-state index is 9.73. The Bertz CT molecular complexity index is 309. The van der Waals surface area contributed by atoms with Gasteiger partial charge in [-0.3, -0.25) is 0 Å². The number of aliphatic hydroxyl groups excluding tert-OH is 1. The first kappa shape index (κ1) is 14.2. The third kappa shape index (κ3) is 3.53. The van der Waals surface area contributed by atoms with Gasteiger partial charge in [-0.1, -0.05) is 37.3 Å². The molecule has 0 aliphatic heterocycles. The monoisotopic (exact) mass is 236 g/mol. The van der Waals surface area contributed by atoms with Crippen molar-refractivity contribution in [2.75, 3.05) is 33.8 Å². The zero-order valence-corrected chi connectivity index (χ0v) is 11.1. The van der Waals surface area contributed by atoms with Crippen LogP contribution in [-0.4, -0.2) is 43.8 Å². The standard InChI is InChI=1S/C14H24N2O/c1-4-16(3)11-10-14(12-17,15-2)13-8-6-5-7-9-13/h5-9,15,17H,4,10-12H2,1-3H3. The van der Waals surface area contributed by atoms with Gasteiger partial charge in [0.25, 0.3) is 0 Å². The molecule has 0 aliphatic carbocycles. The van der Waals surface area contributed by atoms with E-state index in [1.165, 1.54) is 0 Å². The Morgan fingerprint density at radius 2 is 1.94 bits per heavy atom. The summed E-state index contributed by atoms with van der Waals surface area (Å²) in [5.41, 5.74) is 0.819. The highest BCUT2D eigenvalue weighted by atomic mass is 16.3. The summed E-state index contributed by atoms with van der Waals surface area (Å²) in [5.74, 6) is 0. The fraction of sp³-hybridized carbons (Fsp3) is 0.571. The van der Waals surface area contributed by atoms with Crippen molar-refractivity contribution in [3.63, 3.8) is 0 Å². The van der Waals surface area contributed by atoms with E-state index in [0.29, 0.717) is 0 Å². The molecule has 1 aromatic carbocycles. The Balaban J connectivity index is 2.82. The van der Waals surface area contributed by atoms with Crippen molar-refractivity contribution >= 4 is 0 Å². The van der Waals surface area contributed by atoms with Crippen LogP contribution in [0.5, 0.6) is 0 Å². The fourth-order valence-corrected chi connectivity index (χ4v) is 1.96. The van der Waals surface area contributed by atoms with Crippen LogP contribution in [0.4, 0.5) is 0 Å². The van der Waals surface area contributed by atoms with Crippen molar-refractivity contribution < 1.29 is 5.11 Å². The van der Waals surface area contributed by atoms with E-state index in [0.717, 1.165) is 25.1 Å². The zero-order valence-electron chi connectivity index (χ0n) is 11.1. The zero-order chi connectivity index (χ0) is 12.7. The predicted molar refractivity (Wildman–Crippen MR) is 72.1 cm³/mol. The summed E-state index contributed by atoms with van der Waals surface area (Å²) < 4.78 is 0. The lowest BCUT2D eigenvalue weighted by atomic mass is 9.87. The molecule has 0 saturated heterocycles. The molecule has 0 spiro atoms. The first-order valence-electron chi connectivity index (χ1n) is 6.22. The molecule has 96 valence electrons. The van der Waals surface area contributed by atoms with E-state index >= 15 is 0 Å². The van der Waals surface area contributed by atoms with Crippen molar-refractivity contribution in [1.29, 1.82) is 0 Å². The van der Waals surface area contributed by atoms with Gasteiger partial charge in [0.05, 0.1) is 12.1 Å². The molecule has 0 heterocycles. The molecule has 17 heavy (non-hydrogen) atoms. The van der Waals surface area contributed by atoms with Crippen LogP contribution < -0.4 is 5.32 Å². The summed E-state index contributed by atoms with van der Waals surface area (Å²) >= 11 is 0. The summed E-state index contributed by atoms with van der Waals surface area (Å²) in [5, 5.41) is 13.0. The molecule has 0 aliphatic rings. The molecule has 2 N–H and O–H groups in total. The highest BCUT2D eigenvalue weighted by Crippen LogP contribution is 2.24. The van der Waals surface area contributed by atoms with Gasteiger partial charge in [0, 0.05) is 0 Å². The second kappa shape index (κ2) is 6.74. The highest BCUT2D eigenvalue weighted by Gasteiger charge is 2.29. The summed E-state index contributed by atoms with van der Waals surface area (Å²) in [6.45, 7) is 4.25. The molecule has 0 radical (unpaired) electrons. The molecule has 3 heteroatoms. The Hall–Kier alpha value is -0.900. The predicted octanol–water partition coefficient (Wildman–Crippen LogP) is 1.44. The Kier molecular flexibility index (Phi) is 5.62. The van der Waals surface area contributed by atoms with E-state index in [-0.39, 0.29) is 12.1 Å². The van der Waals surface area contributed by atoms with Crippen molar-refractivity contribution in [3.05, 3.63) is 35.9 Å². The first-order valence-corrected chi connectivity index (χ1v) is 6.22. The van der Waals surface area contributed by atoms with Crippen LogP contribution in [0.2, 0.25) is 0 Å². The molecule has 1 atom stereocenters. The molecular formula is C14H24N2O. The van der Waals surface area contributed by atoms with Gasteiger partial charge in [-0.15, -0.1) is 0 Å². The van der Waals surface area contributed by atoms with Gasteiger partial charge in [-0.25, -0.2) is 0 Å². The van der Waals surface area contributed by atoms with Crippen molar-refractivity contribution in [2.45, 2.75) is 18.9 Å². The number of nitrogens with one attached hydrogen (secondary N) is 1. The van der Waals surface area contributed by atoms with Gasteiger partial charge in [0.1, 0.15) is 0 Å². The molecule has 0 fully saturated rings. The summed E-state index contributed by atoms with van der Waals surface area (Å²) in [7, 11) is 4.01. The minimum Gasteiger partial charge on any atom is -0.394 e. The van der Waals surface area contributed by atoms with Crippen LogP contribution >= 0.6 is 0 Å². The summed E-state index contributed by atoms with van der Waals surface area (Å²) in [6.07, 6.45) is 0.897. The van der Waals surface area contributed by atoms with Crippen LogP contribution in [0.1, 0.15) is 18.9 Å². The number of benzene rings is 1. The van der Waals surface area contributed by atoms with Gasteiger partial charge in [-0.05, 0) is 39.2 Å². The van der Waals surface area contributed by atoms with Gasteiger partial charge in [0.2, 0.25) is 0 Å². The maximum Gasteiger partial charge on any atom is 0.0678 e. The van der Waals surface area contributed by atoms with Crippen LogP contribution in [0.3, 0.4) is 0 Å². The van der Waals surface area contributed by atoms with Gasteiger partial charge in [-0.2, -0.15) is 0 Å². The lowest BCUT2D eigenvalue weighted by Crippen LogP contribution is -2.45. The Morgan fingerprint density at radius 3 is 2.41 bits per heavy atom. The van der Waals surface area contributed by atoms with Gasteiger partial charge in [0.15, 0.2) is 0 Å². The second-order valence-corrected chi connectivity index (χ2v) is 4.50. The molecule has 0 bridgehead atoms. The molecule has 0 amide bonds. The minimum absolute atomic E-state index is 0.116. The quantitative estimate of drug-likeness (QED) is 0.752. The molecular weight excluding hydrogens is 212 g/mol. The van der Waals surface area contributed by atoms with Crippen molar-refractivity contribution in [1.82, 2.24) is 10.2 Å². The number of likely N-dealkylation sites (N-methyl/N-ethyl adjacent to an activating group) is 1. The van der Waals surface area contributed by atoms with Crippen LogP contribution in [0, 0.1) is 0 Å². The SMILES string of the molecule is CCN(C)CCC(CO)(NC)c1ccccc1. The van der Waals surface area contributed by atoms with Crippen LogP contribution in [0.25, 0.3) is 0 Å². The number of nitrogens with zero attached hydrogens (tertiary/aromatic N) is 1. The molecule has 0 saturated carbocycles. The second-order valence-electron chi connectivity index (χ2n) is 4.50. The van der Waals surface area contributed by atoms with E-state index in [4.69, 9.17) is 0 Å². The van der Waals surface area contributed by atoms with Gasteiger partial charge >= 0.3 is 0 Å². The highest BCUT2D eigenvalue weighted by molar-refractivity contribution is 5.24. The van der Waals surface area contributed by atoms with Crippen molar-refractivity contribution in [3.8, 4) is 0 Å². The first-order chi connectivity index (χ1) is 8.18. The maximum atomic E-state index is 9.73. The topological polar surface area (TPSA) is 35.5 Å². The van der Waals surface area contributed by atoms with Crippen LogP contribution in [0.15, 0.2) is 30.3 Å².